The van der Waals surface area contributed by atoms with Crippen LogP contribution in [-0.2, 0) is 9.53 Å². The van der Waals surface area contributed by atoms with Gasteiger partial charge < -0.3 is 9.64 Å². The zero-order valence-corrected chi connectivity index (χ0v) is 14.5. The molecule has 1 aromatic rings. The molecule has 6 nitrogen and oxygen atoms in total. The van der Waals surface area contributed by atoms with E-state index in [0.717, 1.165) is 43.9 Å². The summed E-state index contributed by atoms with van der Waals surface area (Å²) in [5, 5.41) is 4.49. The van der Waals surface area contributed by atoms with Crippen LogP contribution in [0, 0.1) is 13.8 Å². The van der Waals surface area contributed by atoms with Gasteiger partial charge >= 0.3 is 0 Å². The largest absolute Gasteiger partial charge is 0.365 e. The van der Waals surface area contributed by atoms with Crippen LogP contribution < -0.4 is 0 Å². The van der Waals surface area contributed by atoms with E-state index in [0.29, 0.717) is 6.54 Å². The van der Waals surface area contributed by atoms with Crippen LogP contribution in [0.2, 0.25) is 0 Å². The van der Waals surface area contributed by atoms with Gasteiger partial charge in [0.1, 0.15) is 17.8 Å². The van der Waals surface area contributed by atoms with Gasteiger partial charge in [0.15, 0.2) is 0 Å². The highest BCUT2D eigenvalue weighted by atomic mass is 16.5. The topological polar surface area (TPSA) is 60.2 Å². The minimum Gasteiger partial charge on any atom is -0.365 e. The number of aryl methyl sites for hydroxylation is 2. The summed E-state index contributed by atoms with van der Waals surface area (Å²) >= 11 is 0. The van der Waals surface area contributed by atoms with E-state index in [1.807, 2.05) is 30.4 Å². The van der Waals surface area contributed by atoms with Crippen LogP contribution in [0.3, 0.4) is 0 Å². The molecular formula is C17H28N4O2. The lowest BCUT2D eigenvalue weighted by molar-refractivity contribution is -0.147. The SMILES string of the molecule is Cc1nc(C)n(C2CCCN(C(=O)C(C)OC3CCCC3)C2)n1. The highest BCUT2D eigenvalue weighted by Gasteiger charge is 2.30. The third kappa shape index (κ3) is 3.74. The van der Waals surface area contributed by atoms with Gasteiger partial charge in [0.05, 0.1) is 12.1 Å². The molecule has 0 aromatic carbocycles. The van der Waals surface area contributed by atoms with Gasteiger partial charge in [-0.1, -0.05) is 12.8 Å². The highest BCUT2D eigenvalue weighted by Crippen LogP contribution is 2.25. The molecule has 6 heteroatoms. The molecule has 0 spiro atoms. The average molecular weight is 320 g/mol. The van der Waals surface area contributed by atoms with Crippen molar-refractivity contribution in [1.82, 2.24) is 19.7 Å². The molecule has 2 fully saturated rings. The smallest absolute Gasteiger partial charge is 0.251 e. The van der Waals surface area contributed by atoms with E-state index in [9.17, 15) is 4.79 Å². The Labute approximate surface area is 138 Å². The van der Waals surface area contributed by atoms with E-state index in [-0.39, 0.29) is 24.2 Å². The van der Waals surface area contributed by atoms with E-state index in [1.165, 1.54) is 12.8 Å². The van der Waals surface area contributed by atoms with Crippen molar-refractivity contribution in [2.45, 2.75) is 77.5 Å². The number of carbonyl (C=O) groups is 1. The first-order valence-electron chi connectivity index (χ1n) is 8.88. The second-order valence-corrected chi connectivity index (χ2v) is 6.92. The van der Waals surface area contributed by atoms with Crippen molar-refractivity contribution in [3.8, 4) is 0 Å². The fourth-order valence-electron chi connectivity index (χ4n) is 3.86. The molecule has 128 valence electrons. The predicted octanol–water partition coefficient (Wildman–Crippen LogP) is 2.41. The van der Waals surface area contributed by atoms with Crippen LogP contribution >= 0.6 is 0 Å². The van der Waals surface area contributed by atoms with Crippen molar-refractivity contribution < 1.29 is 9.53 Å². The molecule has 1 saturated carbocycles. The van der Waals surface area contributed by atoms with Gasteiger partial charge in [0, 0.05) is 13.1 Å². The number of nitrogens with zero attached hydrogens (tertiary/aromatic N) is 4. The lowest BCUT2D eigenvalue weighted by Gasteiger charge is -2.35. The second-order valence-electron chi connectivity index (χ2n) is 6.92. The van der Waals surface area contributed by atoms with E-state index >= 15 is 0 Å². The molecule has 2 atom stereocenters. The summed E-state index contributed by atoms with van der Waals surface area (Å²) in [4.78, 5) is 19.0. The number of hydrogen-bond acceptors (Lipinski definition) is 4. The van der Waals surface area contributed by atoms with Crippen LogP contribution in [-0.4, -0.2) is 50.9 Å². The van der Waals surface area contributed by atoms with Crippen molar-refractivity contribution in [2.75, 3.05) is 13.1 Å². The normalized spacial score (nSPS) is 24.1. The Balaban J connectivity index is 1.61. The van der Waals surface area contributed by atoms with Crippen LogP contribution in [0.5, 0.6) is 0 Å². The van der Waals surface area contributed by atoms with E-state index in [1.54, 1.807) is 0 Å². The molecule has 1 aliphatic carbocycles. The summed E-state index contributed by atoms with van der Waals surface area (Å²) in [7, 11) is 0. The first-order valence-corrected chi connectivity index (χ1v) is 8.88. The zero-order valence-electron chi connectivity index (χ0n) is 14.5. The molecule has 0 bridgehead atoms. The minimum absolute atomic E-state index is 0.121. The minimum atomic E-state index is -0.338. The molecule has 1 aliphatic heterocycles. The van der Waals surface area contributed by atoms with Gasteiger partial charge in [-0.2, -0.15) is 5.10 Å². The van der Waals surface area contributed by atoms with Crippen molar-refractivity contribution in [2.24, 2.45) is 0 Å². The number of rotatable bonds is 4. The maximum atomic E-state index is 12.7. The zero-order chi connectivity index (χ0) is 16.4. The lowest BCUT2D eigenvalue weighted by Crippen LogP contribution is -2.46. The lowest BCUT2D eigenvalue weighted by atomic mass is 10.1. The number of amides is 1. The van der Waals surface area contributed by atoms with Crippen LogP contribution in [0.25, 0.3) is 0 Å². The molecule has 2 unspecified atom stereocenters. The first-order chi connectivity index (χ1) is 11.0. The Hall–Kier alpha value is -1.43. The maximum Gasteiger partial charge on any atom is 0.251 e. The molecular weight excluding hydrogens is 292 g/mol. The number of aromatic nitrogens is 3. The van der Waals surface area contributed by atoms with Crippen molar-refractivity contribution in [3.63, 3.8) is 0 Å². The third-order valence-electron chi connectivity index (χ3n) is 5.01. The summed E-state index contributed by atoms with van der Waals surface area (Å²) in [5.74, 6) is 1.84. The van der Waals surface area contributed by atoms with E-state index in [4.69, 9.17) is 4.74 Å². The number of carbonyl (C=O) groups excluding carboxylic acids is 1. The van der Waals surface area contributed by atoms with Gasteiger partial charge in [-0.3, -0.25) is 4.79 Å². The van der Waals surface area contributed by atoms with Crippen LogP contribution in [0.4, 0.5) is 0 Å². The van der Waals surface area contributed by atoms with Crippen LogP contribution in [0.1, 0.15) is 63.1 Å². The Kier molecular flexibility index (Phi) is 4.99. The third-order valence-corrected chi connectivity index (χ3v) is 5.01. The highest BCUT2D eigenvalue weighted by molar-refractivity contribution is 5.80. The van der Waals surface area contributed by atoms with E-state index < -0.39 is 0 Å². The quantitative estimate of drug-likeness (QED) is 0.855. The molecule has 1 aromatic heterocycles. The fourth-order valence-corrected chi connectivity index (χ4v) is 3.86. The number of ether oxygens (including phenoxy) is 1. The first kappa shape index (κ1) is 16.4. The number of hydrogen-bond donors (Lipinski definition) is 0. The number of likely N-dealkylation sites (tertiary alicyclic amines) is 1. The maximum absolute atomic E-state index is 12.7. The average Bonchev–Trinajstić information content (AvgIpc) is 3.16. The Bertz CT molecular complexity index is 551. The number of piperidine rings is 1. The van der Waals surface area contributed by atoms with Gasteiger partial charge in [-0.15, -0.1) is 0 Å². The van der Waals surface area contributed by atoms with Crippen molar-refractivity contribution >= 4 is 5.91 Å². The molecule has 2 aliphatic rings. The van der Waals surface area contributed by atoms with E-state index in [2.05, 4.69) is 10.1 Å². The summed E-state index contributed by atoms with van der Waals surface area (Å²) in [6.07, 6.45) is 6.63. The van der Waals surface area contributed by atoms with Gasteiger partial charge in [0.2, 0.25) is 0 Å². The molecule has 2 heterocycles. The molecule has 23 heavy (non-hydrogen) atoms. The van der Waals surface area contributed by atoms with Gasteiger partial charge in [-0.25, -0.2) is 9.67 Å². The van der Waals surface area contributed by atoms with Crippen LogP contribution in [0.15, 0.2) is 0 Å². The van der Waals surface area contributed by atoms with Crippen molar-refractivity contribution in [3.05, 3.63) is 11.6 Å². The molecule has 0 N–H and O–H groups in total. The monoisotopic (exact) mass is 320 g/mol. The van der Waals surface area contributed by atoms with Crippen molar-refractivity contribution in [1.29, 1.82) is 0 Å². The molecule has 0 radical (unpaired) electrons. The second kappa shape index (κ2) is 6.99. The summed E-state index contributed by atoms with van der Waals surface area (Å²) in [6.45, 7) is 7.32. The van der Waals surface area contributed by atoms with Gasteiger partial charge in [-0.05, 0) is 46.5 Å². The predicted molar refractivity (Wildman–Crippen MR) is 87.2 cm³/mol. The molecule has 3 rings (SSSR count). The summed E-state index contributed by atoms with van der Waals surface area (Å²) in [5.41, 5.74) is 0. The van der Waals surface area contributed by atoms with Gasteiger partial charge in [0.25, 0.3) is 5.91 Å². The Morgan fingerprint density at radius 1 is 1.22 bits per heavy atom. The molecule has 1 saturated heterocycles. The molecule has 1 amide bonds. The Morgan fingerprint density at radius 2 is 1.96 bits per heavy atom. The fraction of sp³-hybridized carbons (Fsp3) is 0.824. The Morgan fingerprint density at radius 3 is 2.61 bits per heavy atom. The summed E-state index contributed by atoms with van der Waals surface area (Å²) in [6, 6.07) is 0.229. The standard InChI is InChI=1S/C17H28N4O2/c1-12(23-16-8-4-5-9-16)17(22)20-10-6-7-15(11-20)21-14(3)18-13(2)19-21/h12,15-16H,4-11H2,1-3H3. The summed E-state index contributed by atoms with van der Waals surface area (Å²) < 4.78 is 7.95.